The van der Waals surface area contributed by atoms with Crippen molar-refractivity contribution in [2.45, 2.75) is 32.1 Å². The van der Waals surface area contributed by atoms with Gasteiger partial charge in [-0.05, 0) is 41.8 Å². The topological polar surface area (TPSA) is 84.9 Å². The van der Waals surface area contributed by atoms with Gasteiger partial charge in [-0.2, -0.15) is 0 Å². The summed E-state index contributed by atoms with van der Waals surface area (Å²) in [6, 6.07) is 13.3. The van der Waals surface area contributed by atoms with E-state index in [0.717, 1.165) is 28.2 Å². The molecule has 166 valence electrons. The van der Waals surface area contributed by atoms with Gasteiger partial charge >= 0.3 is 5.97 Å². The summed E-state index contributed by atoms with van der Waals surface area (Å²) in [6.45, 7) is 3.49. The Labute approximate surface area is 187 Å². The molecule has 32 heavy (non-hydrogen) atoms. The van der Waals surface area contributed by atoms with Crippen LogP contribution >= 0.6 is 0 Å². The molecule has 0 spiro atoms. The summed E-state index contributed by atoms with van der Waals surface area (Å²) in [4.78, 5) is 38.0. The summed E-state index contributed by atoms with van der Waals surface area (Å²) >= 11 is 0. The number of para-hydroxylation sites is 1. The molecule has 2 heterocycles. The van der Waals surface area contributed by atoms with Crippen molar-refractivity contribution in [1.29, 1.82) is 0 Å². The van der Waals surface area contributed by atoms with Gasteiger partial charge in [-0.15, -0.1) is 0 Å². The highest BCUT2D eigenvalue weighted by atomic mass is 16.6. The van der Waals surface area contributed by atoms with Gasteiger partial charge in [0.15, 0.2) is 19.0 Å². The molecule has 0 atom stereocenters. The number of ketones is 1. The lowest BCUT2D eigenvalue weighted by Crippen LogP contribution is -2.25. The Morgan fingerprint density at radius 1 is 1.12 bits per heavy atom. The standard InChI is InChI=1S/C25H26N2O5/c1-25(2)19-6-4-5-7-21(19)27(3)22(25)13-17(28)14-32-24(30)15-31-18-9-10-20-16(12-18)8-11-23(29)26-20/h4-7,9-10,12-13H,8,11,14-15H2,1-3H3,(H,26,29)/b22-13-. The van der Waals surface area contributed by atoms with Crippen molar-refractivity contribution in [3.8, 4) is 5.75 Å². The highest BCUT2D eigenvalue weighted by Crippen LogP contribution is 2.46. The molecule has 0 unspecified atom stereocenters. The molecule has 1 N–H and O–H groups in total. The molecular weight excluding hydrogens is 408 g/mol. The number of rotatable bonds is 6. The molecule has 1 amide bonds. The fraction of sp³-hybridized carbons (Fsp3) is 0.320. The number of hydrogen-bond acceptors (Lipinski definition) is 6. The monoisotopic (exact) mass is 434 g/mol. The molecule has 0 aliphatic carbocycles. The fourth-order valence-corrected chi connectivity index (χ4v) is 4.24. The van der Waals surface area contributed by atoms with Gasteiger partial charge in [-0.25, -0.2) is 4.79 Å². The molecule has 0 saturated heterocycles. The van der Waals surface area contributed by atoms with Gasteiger partial charge in [0, 0.05) is 42.0 Å². The van der Waals surface area contributed by atoms with Crippen molar-refractivity contribution in [3.05, 3.63) is 65.4 Å². The number of benzene rings is 2. The molecule has 2 aliphatic heterocycles. The number of ether oxygens (including phenoxy) is 2. The number of hydrogen-bond donors (Lipinski definition) is 1. The molecular formula is C25H26N2O5. The van der Waals surface area contributed by atoms with Crippen LogP contribution in [0.15, 0.2) is 54.2 Å². The number of carbonyl (C=O) groups excluding carboxylic acids is 3. The molecule has 0 aromatic heterocycles. The van der Waals surface area contributed by atoms with E-state index in [0.29, 0.717) is 18.6 Å². The zero-order valence-electron chi connectivity index (χ0n) is 18.4. The maximum Gasteiger partial charge on any atom is 0.344 e. The van der Waals surface area contributed by atoms with Gasteiger partial charge < -0.3 is 19.7 Å². The van der Waals surface area contributed by atoms with E-state index < -0.39 is 5.97 Å². The molecule has 7 nitrogen and oxygen atoms in total. The molecule has 0 bridgehead atoms. The van der Waals surface area contributed by atoms with Gasteiger partial charge in [0.1, 0.15) is 5.75 Å². The van der Waals surface area contributed by atoms with Gasteiger partial charge in [-0.3, -0.25) is 9.59 Å². The summed E-state index contributed by atoms with van der Waals surface area (Å²) in [5.74, 6) is -0.404. The first kappa shape index (κ1) is 21.6. The van der Waals surface area contributed by atoms with Crippen LogP contribution in [0.1, 0.15) is 31.4 Å². The number of carbonyl (C=O) groups is 3. The zero-order chi connectivity index (χ0) is 22.9. The Morgan fingerprint density at radius 3 is 2.69 bits per heavy atom. The maximum atomic E-state index is 12.5. The summed E-state index contributed by atoms with van der Waals surface area (Å²) in [5, 5.41) is 2.80. The number of nitrogens with one attached hydrogen (secondary N) is 1. The van der Waals surface area contributed by atoms with Crippen molar-refractivity contribution in [1.82, 2.24) is 0 Å². The average Bonchev–Trinajstić information content (AvgIpc) is 2.97. The third kappa shape index (κ3) is 4.23. The van der Waals surface area contributed by atoms with E-state index in [-0.39, 0.29) is 30.3 Å². The van der Waals surface area contributed by atoms with Gasteiger partial charge in [0.05, 0.1) is 0 Å². The van der Waals surface area contributed by atoms with E-state index in [1.165, 1.54) is 0 Å². The van der Waals surface area contributed by atoms with Crippen LogP contribution in [-0.4, -0.2) is 37.9 Å². The molecule has 2 aliphatic rings. The van der Waals surface area contributed by atoms with Crippen LogP contribution in [0.4, 0.5) is 11.4 Å². The van der Waals surface area contributed by atoms with Gasteiger partial charge in [0.25, 0.3) is 0 Å². The summed E-state index contributed by atoms with van der Waals surface area (Å²) in [5.41, 5.74) is 4.47. The predicted octanol–water partition coefficient (Wildman–Crippen LogP) is 3.37. The van der Waals surface area contributed by atoms with Crippen LogP contribution in [0.3, 0.4) is 0 Å². The Bertz CT molecular complexity index is 1120. The predicted molar refractivity (Wildman–Crippen MR) is 121 cm³/mol. The smallest absolute Gasteiger partial charge is 0.344 e. The summed E-state index contributed by atoms with van der Waals surface area (Å²) in [6.07, 6.45) is 2.60. The maximum absolute atomic E-state index is 12.5. The lowest BCUT2D eigenvalue weighted by molar-refractivity contribution is -0.148. The highest BCUT2D eigenvalue weighted by Gasteiger charge is 2.38. The number of nitrogens with zero attached hydrogens (tertiary/aromatic N) is 1. The van der Waals surface area contributed by atoms with Gasteiger partial charge in [0.2, 0.25) is 5.91 Å². The van der Waals surface area contributed by atoms with E-state index in [9.17, 15) is 14.4 Å². The van der Waals surface area contributed by atoms with E-state index in [4.69, 9.17) is 9.47 Å². The van der Waals surface area contributed by atoms with Crippen LogP contribution in [0.2, 0.25) is 0 Å². The average molecular weight is 434 g/mol. The van der Waals surface area contributed by atoms with Crippen LogP contribution < -0.4 is 15.0 Å². The quantitative estimate of drug-likeness (QED) is 0.554. The first-order chi connectivity index (χ1) is 15.3. The lowest BCUT2D eigenvalue weighted by atomic mass is 9.83. The normalized spacial score (nSPS) is 17.4. The molecule has 0 radical (unpaired) electrons. The molecule has 0 fully saturated rings. The molecule has 2 aromatic rings. The lowest BCUT2D eigenvalue weighted by Gasteiger charge is -2.23. The van der Waals surface area contributed by atoms with E-state index in [2.05, 4.69) is 25.2 Å². The minimum atomic E-state index is -0.620. The molecule has 4 rings (SSSR count). The number of amides is 1. The third-order valence-corrected chi connectivity index (χ3v) is 5.94. The minimum absolute atomic E-state index is 0.00885. The van der Waals surface area contributed by atoms with Crippen LogP contribution in [0.5, 0.6) is 5.75 Å². The van der Waals surface area contributed by atoms with E-state index in [1.807, 2.05) is 30.1 Å². The second-order valence-corrected chi connectivity index (χ2v) is 8.51. The minimum Gasteiger partial charge on any atom is -0.482 e. The first-order valence-corrected chi connectivity index (χ1v) is 10.5. The van der Waals surface area contributed by atoms with Crippen LogP contribution in [-0.2, 0) is 31.0 Å². The van der Waals surface area contributed by atoms with Crippen molar-refractivity contribution in [2.75, 3.05) is 30.5 Å². The number of esters is 1. The summed E-state index contributed by atoms with van der Waals surface area (Å²) in [7, 11) is 1.93. The Hall–Kier alpha value is -3.61. The molecule has 7 heteroatoms. The van der Waals surface area contributed by atoms with E-state index >= 15 is 0 Å². The number of anilines is 2. The number of likely N-dealkylation sites (N-methyl/N-ethyl adjacent to an activating group) is 1. The second kappa shape index (κ2) is 8.49. The Morgan fingerprint density at radius 2 is 1.91 bits per heavy atom. The zero-order valence-corrected chi connectivity index (χ0v) is 18.4. The molecule has 2 aromatic carbocycles. The van der Waals surface area contributed by atoms with Gasteiger partial charge in [-0.1, -0.05) is 32.0 Å². The summed E-state index contributed by atoms with van der Waals surface area (Å²) < 4.78 is 10.6. The first-order valence-electron chi connectivity index (χ1n) is 10.5. The Balaban J connectivity index is 1.31. The fourth-order valence-electron chi connectivity index (χ4n) is 4.24. The Kier molecular flexibility index (Phi) is 5.74. The van der Waals surface area contributed by atoms with Crippen molar-refractivity contribution < 1.29 is 23.9 Å². The van der Waals surface area contributed by atoms with Crippen LogP contribution in [0.25, 0.3) is 0 Å². The van der Waals surface area contributed by atoms with E-state index in [1.54, 1.807) is 24.3 Å². The third-order valence-electron chi connectivity index (χ3n) is 5.94. The SMILES string of the molecule is CN1/C(=C\C(=O)COC(=O)COc2ccc3c(c2)CCC(=O)N3)C(C)(C)c2ccccc21. The number of fused-ring (bicyclic) bond motifs is 2. The second-order valence-electron chi connectivity index (χ2n) is 8.51. The largest absolute Gasteiger partial charge is 0.482 e. The highest BCUT2D eigenvalue weighted by molar-refractivity contribution is 5.95. The van der Waals surface area contributed by atoms with Crippen molar-refractivity contribution in [2.24, 2.45) is 0 Å². The van der Waals surface area contributed by atoms with Crippen molar-refractivity contribution in [3.63, 3.8) is 0 Å². The molecule has 0 saturated carbocycles. The van der Waals surface area contributed by atoms with Crippen LogP contribution in [0, 0.1) is 0 Å². The van der Waals surface area contributed by atoms with Crippen molar-refractivity contribution >= 4 is 29.0 Å². The number of aryl methyl sites for hydroxylation is 1. The number of allylic oxidation sites excluding steroid dienone is 1.